The lowest BCUT2D eigenvalue weighted by Gasteiger charge is -2.09. The summed E-state index contributed by atoms with van der Waals surface area (Å²) >= 11 is 1.40. The molecule has 0 unspecified atom stereocenters. The predicted octanol–water partition coefficient (Wildman–Crippen LogP) is 2.35. The van der Waals surface area contributed by atoms with Crippen LogP contribution in [0.15, 0.2) is 58.6 Å². The van der Waals surface area contributed by atoms with Crippen LogP contribution in [0.1, 0.15) is 11.1 Å². The molecule has 0 amide bonds. The van der Waals surface area contributed by atoms with E-state index >= 15 is 0 Å². The van der Waals surface area contributed by atoms with Gasteiger partial charge in [0.15, 0.2) is 0 Å². The molecular weight excluding hydrogens is 370 g/mol. The fraction of sp³-hybridized carbons (Fsp3) is 0.235. The van der Waals surface area contributed by atoms with Crippen molar-refractivity contribution in [3.63, 3.8) is 0 Å². The number of tetrazole rings is 1. The Labute approximate surface area is 156 Å². The third kappa shape index (κ3) is 4.29. The highest BCUT2D eigenvalue weighted by Gasteiger charge is 2.14. The Hall–Kier alpha value is -2.23. The first-order valence-electron chi connectivity index (χ1n) is 8.01. The van der Waals surface area contributed by atoms with Gasteiger partial charge < -0.3 is 0 Å². The van der Waals surface area contributed by atoms with Crippen LogP contribution in [-0.4, -0.2) is 40.9 Å². The van der Waals surface area contributed by atoms with Crippen molar-refractivity contribution in [1.29, 1.82) is 0 Å². The topological polar surface area (TPSA) is 89.8 Å². The summed E-state index contributed by atoms with van der Waals surface area (Å²) in [6.45, 7) is 4.32. The summed E-state index contributed by atoms with van der Waals surface area (Å²) in [5.41, 5.74) is 3.15. The van der Waals surface area contributed by atoms with Gasteiger partial charge in [0.25, 0.3) is 0 Å². The molecule has 0 aliphatic carbocycles. The summed E-state index contributed by atoms with van der Waals surface area (Å²) in [6, 6.07) is 14.4. The molecule has 1 aromatic heterocycles. The quantitative estimate of drug-likeness (QED) is 0.493. The van der Waals surface area contributed by atoms with Crippen molar-refractivity contribution < 1.29 is 8.42 Å². The van der Waals surface area contributed by atoms with Gasteiger partial charge in [-0.2, -0.15) is 4.68 Å². The van der Waals surface area contributed by atoms with Crippen molar-refractivity contribution in [1.82, 2.24) is 24.9 Å². The van der Waals surface area contributed by atoms with E-state index in [0.29, 0.717) is 10.9 Å². The van der Waals surface area contributed by atoms with E-state index in [2.05, 4.69) is 26.3 Å². The Morgan fingerprint density at radius 1 is 1.12 bits per heavy atom. The Kier molecular flexibility index (Phi) is 5.70. The van der Waals surface area contributed by atoms with Crippen LogP contribution in [0.2, 0.25) is 0 Å². The van der Waals surface area contributed by atoms with Crippen LogP contribution in [0.4, 0.5) is 0 Å². The lowest BCUT2D eigenvalue weighted by molar-refractivity contribution is 0.584. The summed E-state index contributed by atoms with van der Waals surface area (Å²) < 4.78 is 28.6. The lowest BCUT2D eigenvalue weighted by atomic mass is 10.1. The van der Waals surface area contributed by atoms with Crippen molar-refractivity contribution >= 4 is 21.8 Å². The largest absolute Gasteiger partial charge is 0.240 e. The van der Waals surface area contributed by atoms with Crippen molar-refractivity contribution in [2.45, 2.75) is 23.9 Å². The number of rotatable bonds is 7. The van der Waals surface area contributed by atoms with Gasteiger partial charge in [-0.25, -0.2) is 13.1 Å². The molecule has 0 aliphatic rings. The summed E-state index contributed by atoms with van der Waals surface area (Å²) in [6.07, 6.45) is 0. The Balaban J connectivity index is 1.62. The molecule has 136 valence electrons. The minimum absolute atomic E-state index is 0.255. The first-order valence-corrected chi connectivity index (χ1v) is 10.5. The summed E-state index contributed by atoms with van der Waals surface area (Å²) in [5, 5.41) is 12.4. The first kappa shape index (κ1) is 18.6. The van der Waals surface area contributed by atoms with E-state index in [1.807, 2.05) is 26.0 Å². The van der Waals surface area contributed by atoms with Crippen LogP contribution in [0, 0.1) is 13.8 Å². The third-order valence-corrected chi connectivity index (χ3v) is 6.10. The monoisotopic (exact) mass is 389 g/mol. The van der Waals surface area contributed by atoms with Crippen LogP contribution in [0.5, 0.6) is 0 Å². The van der Waals surface area contributed by atoms with Gasteiger partial charge in [0.1, 0.15) is 0 Å². The maximum Gasteiger partial charge on any atom is 0.240 e. The maximum absolute atomic E-state index is 12.2. The van der Waals surface area contributed by atoms with Crippen LogP contribution in [0.25, 0.3) is 5.69 Å². The molecule has 9 heteroatoms. The van der Waals surface area contributed by atoms with E-state index in [9.17, 15) is 8.42 Å². The second-order valence-corrected chi connectivity index (χ2v) is 8.55. The number of hydrogen-bond acceptors (Lipinski definition) is 6. The molecule has 3 rings (SSSR count). The SMILES string of the molecule is Cc1ccc(-n2nnnc2SCCNS(=O)(=O)c2ccccc2)c(C)c1. The molecule has 26 heavy (non-hydrogen) atoms. The van der Waals surface area contributed by atoms with Gasteiger partial charge in [0.2, 0.25) is 15.2 Å². The number of aromatic nitrogens is 4. The normalized spacial score (nSPS) is 11.6. The summed E-state index contributed by atoms with van der Waals surface area (Å²) in [4.78, 5) is 0.255. The smallest absolute Gasteiger partial charge is 0.210 e. The maximum atomic E-state index is 12.2. The highest BCUT2D eigenvalue weighted by atomic mass is 32.2. The number of nitrogens with one attached hydrogen (secondary N) is 1. The number of nitrogens with zero attached hydrogens (tertiary/aromatic N) is 4. The number of benzene rings is 2. The average Bonchev–Trinajstić information content (AvgIpc) is 3.08. The number of sulfonamides is 1. The number of thioether (sulfide) groups is 1. The lowest BCUT2D eigenvalue weighted by Crippen LogP contribution is -2.26. The van der Waals surface area contributed by atoms with E-state index in [4.69, 9.17) is 0 Å². The molecule has 0 fully saturated rings. The van der Waals surface area contributed by atoms with Gasteiger partial charge >= 0.3 is 0 Å². The van der Waals surface area contributed by atoms with E-state index < -0.39 is 10.0 Å². The Morgan fingerprint density at radius 2 is 1.88 bits per heavy atom. The molecule has 0 atom stereocenters. The van der Waals surface area contributed by atoms with Crippen LogP contribution >= 0.6 is 11.8 Å². The van der Waals surface area contributed by atoms with E-state index in [-0.39, 0.29) is 11.4 Å². The van der Waals surface area contributed by atoms with Gasteiger partial charge in [-0.05, 0) is 48.0 Å². The first-order chi connectivity index (χ1) is 12.5. The van der Waals surface area contributed by atoms with Crippen molar-refractivity contribution in [3.05, 3.63) is 59.7 Å². The standard InChI is InChI=1S/C17H19N5O2S2/c1-13-8-9-16(14(2)12-13)22-17(19-20-21-22)25-11-10-18-26(23,24)15-6-4-3-5-7-15/h3-9,12,18H,10-11H2,1-2H3. The van der Waals surface area contributed by atoms with E-state index in [1.54, 1.807) is 35.0 Å². The van der Waals surface area contributed by atoms with Gasteiger partial charge in [-0.3, -0.25) is 0 Å². The minimum Gasteiger partial charge on any atom is -0.210 e. The van der Waals surface area contributed by atoms with E-state index in [0.717, 1.165) is 11.3 Å². The zero-order valence-corrected chi connectivity index (χ0v) is 16.1. The molecule has 0 saturated heterocycles. The highest BCUT2D eigenvalue weighted by molar-refractivity contribution is 7.99. The Morgan fingerprint density at radius 3 is 2.62 bits per heavy atom. The average molecular weight is 390 g/mol. The van der Waals surface area contributed by atoms with Crippen molar-refractivity contribution in [2.75, 3.05) is 12.3 Å². The van der Waals surface area contributed by atoms with Gasteiger partial charge in [-0.1, -0.05) is 47.7 Å². The molecule has 7 nitrogen and oxygen atoms in total. The summed E-state index contributed by atoms with van der Waals surface area (Å²) in [7, 11) is -3.50. The van der Waals surface area contributed by atoms with Crippen molar-refractivity contribution in [3.8, 4) is 5.69 Å². The molecule has 3 aromatic rings. The van der Waals surface area contributed by atoms with Crippen LogP contribution in [0.3, 0.4) is 0 Å². The highest BCUT2D eigenvalue weighted by Crippen LogP contribution is 2.21. The van der Waals surface area contributed by atoms with E-state index in [1.165, 1.54) is 17.3 Å². The zero-order valence-electron chi connectivity index (χ0n) is 14.5. The Bertz CT molecular complexity index is 987. The van der Waals surface area contributed by atoms with Gasteiger partial charge in [0, 0.05) is 12.3 Å². The molecule has 0 aliphatic heterocycles. The second kappa shape index (κ2) is 7.98. The number of hydrogen-bond donors (Lipinski definition) is 1. The van der Waals surface area contributed by atoms with Crippen LogP contribution in [-0.2, 0) is 10.0 Å². The fourth-order valence-electron chi connectivity index (χ4n) is 2.46. The van der Waals surface area contributed by atoms with Gasteiger partial charge in [-0.15, -0.1) is 5.10 Å². The molecule has 1 heterocycles. The predicted molar refractivity (Wildman–Crippen MR) is 101 cm³/mol. The van der Waals surface area contributed by atoms with Crippen LogP contribution < -0.4 is 4.72 Å². The molecule has 0 radical (unpaired) electrons. The fourth-order valence-corrected chi connectivity index (χ4v) is 4.38. The molecule has 0 saturated carbocycles. The zero-order chi connectivity index (χ0) is 18.6. The molecular formula is C17H19N5O2S2. The number of aryl methyl sites for hydroxylation is 2. The minimum atomic E-state index is -3.50. The summed E-state index contributed by atoms with van der Waals surface area (Å²) in [5.74, 6) is 0.511. The third-order valence-electron chi connectivity index (χ3n) is 3.70. The molecule has 0 bridgehead atoms. The molecule has 1 N–H and O–H groups in total. The van der Waals surface area contributed by atoms with Crippen molar-refractivity contribution in [2.24, 2.45) is 0 Å². The molecule has 2 aromatic carbocycles. The van der Waals surface area contributed by atoms with Gasteiger partial charge in [0.05, 0.1) is 10.6 Å². The molecule has 0 spiro atoms. The second-order valence-electron chi connectivity index (χ2n) is 5.72.